The summed E-state index contributed by atoms with van der Waals surface area (Å²) in [5.74, 6) is 0.486. The van der Waals surface area contributed by atoms with Crippen molar-refractivity contribution in [3.05, 3.63) is 52.4 Å². The van der Waals surface area contributed by atoms with Gasteiger partial charge in [0.15, 0.2) is 0 Å². The van der Waals surface area contributed by atoms with E-state index in [1.807, 2.05) is 25.1 Å². The second-order valence-electron chi connectivity index (χ2n) is 5.28. The van der Waals surface area contributed by atoms with E-state index in [0.717, 1.165) is 15.7 Å². The summed E-state index contributed by atoms with van der Waals surface area (Å²) in [6.07, 6.45) is 1.80. The monoisotopic (exact) mass is 378 g/mol. The van der Waals surface area contributed by atoms with Crippen molar-refractivity contribution < 1.29 is 14.0 Å². The lowest BCUT2D eigenvalue weighted by Crippen LogP contribution is -2.31. The molecule has 23 heavy (non-hydrogen) atoms. The smallest absolute Gasteiger partial charge is 0.226 e. The highest BCUT2D eigenvalue weighted by molar-refractivity contribution is 9.10. The van der Waals surface area contributed by atoms with Gasteiger partial charge < -0.3 is 14.6 Å². The van der Waals surface area contributed by atoms with Gasteiger partial charge in [0.05, 0.1) is 12.8 Å². The number of benzene rings is 1. The first-order valence-corrected chi connectivity index (χ1v) is 8.09. The fourth-order valence-electron chi connectivity index (χ4n) is 2.16. The molecule has 0 saturated heterocycles. The molecule has 0 fully saturated rings. The molecule has 2 rings (SSSR count). The Bertz CT molecular complexity index is 683. The predicted molar refractivity (Wildman–Crippen MR) is 91.9 cm³/mol. The Morgan fingerprint density at radius 3 is 2.70 bits per heavy atom. The van der Waals surface area contributed by atoms with E-state index < -0.39 is 0 Å². The fraction of sp³-hybridized carbons (Fsp3) is 0.294. The zero-order valence-electron chi connectivity index (χ0n) is 13.1. The van der Waals surface area contributed by atoms with Gasteiger partial charge in [0.2, 0.25) is 11.8 Å². The molecule has 0 atom stereocenters. The molecule has 0 aliphatic heterocycles. The summed E-state index contributed by atoms with van der Waals surface area (Å²) in [6.45, 7) is 4.13. The van der Waals surface area contributed by atoms with Gasteiger partial charge in [0, 0.05) is 30.0 Å². The van der Waals surface area contributed by atoms with E-state index in [9.17, 15) is 9.59 Å². The lowest BCUT2D eigenvalue weighted by atomic mass is 10.2. The summed E-state index contributed by atoms with van der Waals surface area (Å²) in [6, 6.07) is 9.25. The molecule has 122 valence electrons. The summed E-state index contributed by atoms with van der Waals surface area (Å²) in [5.41, 5.74) is 1.75. The van der Waals surface area contributed by atoms with Crippen molar-refractivity contribution in [2.75, 3.05) is 11.9 Å². The first-order valence-electron chi connectivity index (χ1n) is 7.29. The van der Waals surface area contributed by atoms with Gasteiger partial charge in [-0.1, -0.05) is 15.9 Å². The van der Waals surface area contributed by atoms with Crippen LogP contribution in [0.2, 0.25) is 0 Å². The van der Waals surface area contributed by atoms with E-state index in [4.69, 9.17) is 4.42 Å². The van der Waals surface area contributed by atoms with Crippen molar-refractivity contribution in [3.8, 4) is 0 Å². The third kappa shape index (κ3) is 5.25. The largest absolute Gasteiger partial charge is 0.467 e. The third-order valence-corrected chi connectivity index (χ3v) is 3.94. The number of anilines is 1. The molecular formula is C17H19BrN2O3. The van der Waals surface area contributed by atoms with E-state index in [1.54, 1.807) is 23.3 Å². The lowest BCUT2D eigenvalue weighted by Gasteiger charge is -2.19. The maximum atomic E-state index is 12.1. The van der Waals surface area contributed by atoms with E-state index in [0.29, 0.717) is 18.8 Å². The molecule has 1 aromatic carbocycles. The van der Waals surface area contributed by atoms with Crippen LogP contribution in [0.1, 0.15) is 24.7 Å². The minimum atomic E-state index is -0.124. The molecule has 1 aromatic heterocycles. The van der Waals surface area contributed by atoms with Crippen LogP contribution in [0, 0.1) is 6.92 Å². The SMILES string of the molecule is CC(=O)N(CCC(=O)Nc1ccc(Br)cc1C)Cc1ccco1. The Labute approximate surface area is 143 Å². The second kappa shape index (κ2) is 7.97. The highest BCUT2D eigenvalue weighted by Gasteiger charge is 2.13. The van der Waals surface area contributed by atoms with E-state index >= 15 is 0 Å². The van der Waals surface area contributed by atoms with Crippen LogP contribution < -0.4 is 5.32 Å². The van der Waals surface area contributed by atoms with Crippen LogP contribution in [0.25, 0.3) is 0 Å². The normalized spacial score (nSPS) is 10.4. The highest BCUT2D eigenvalue weighted by atomic mass is 79.9. The zero-order valence-corrected chi connectivity index (χ0v) is 14.7. The summed E-state index contributed by atoms with van der Waals surface area (Å²) in [5, 5.41) is 2.87. The Kier molecular flexibility index (Phi) is 5.98. The van der Waals surface area contributed by atoms with Crippen LogP contribution >= 0.6 is 15.9 Å². The molecule has 2 aromatic rings. The van der Waals surface area contributed by atoms with Gasteiger partial charge in [-0.2, -0.15) is 0 Å². The molecule has 0 unspecified atom stereocenters. The summed E-state index contributed by atoms with van der Waals surface area (Å²) >= 11 is 3.39. The number of rotatable bonds is 6. The Morgan fingerprint density at radius 1 is 1.30 bits per heavy atom. The number of aryl methyl sites for hydroxylation is 1. The van der Waals surface area contributed by atoms with E-state index in [1.165, 1.54) is 6.92 Å². The first kappa shape index (κ1) is 17.3. The van der Waals surface area contributed by atoms with Crippen LogP contribution in [0.4, 0.5) is 5.69 Å². The fourth-order valence-corrected chi connectivity index (χ4v) is 2.63. The van der Waals surface area contributed by atoms with Crippen molar-refractivity contribution >= 4 is 33.4 Å². The molecule has 0 aliphatic rings. The number of amides is 2. The number of carbonyl (C=O) groups excluding carboxylic acids is 2. The van der Waals surface area contributed by atoms with Crippen molar-refractivity contribution in [2.24, 2.45) is 0 Å². The van der Waals surface area contributed by atoms with Gasteiger partial charge in [-0.05, 0) is 42.8 Å². The van der Waals surface area contributed by atoms with Crippen LogP contribution in [0.15, 0.2) is 45.5 Å². The number of furan rings is 1. The number of hydrogen-bond donors (Lipinski definition) is 1. The number of nitrogens with zero attached hydrogens (tertiary/aromatic N) is 1. The van der Waals surface area contributed by atoms with Gasteiger partial charge in [0.25, 0.3) is 0 Å². The number of nitrogens with one attached hydrogen (secondary N) is 1. The highest BCUT2D eigenvalue weighted by Crippen LogP contribution is 2.20. The molecule has 1 N–H and O–H groups in total. The van der Waals surface area contributed by atoms with Crippen LogP contribution in [0.3, 0.4) is 0 Å². The number of carbonyl (C=O) groups is 2. The third-order valence-electron chi connectivity index (χ3n) is 3.44. The molecule has 0 spiro atoms. The maximum Gasteiger partial charge on any atom is 0.226 e. The van der Waals surface area contributed by atoms with Gasteiger partial charge in [-0.15, -0.1) is 0 Å². The molecule has 0 aliphatic carbocycles. The average molecular weight is 379 g/mol. The molecule has 0 bridgehead atoms. The van der Waals surface area contributed by atoms with Crippen molar-refractivity contribution in [3.63, 3.8) is 0 Å². The minimum absolute atomic E-state index is 0.0889. The van der Waals surface area contributed by atoms with Crippen LogP contribution in [-0.2, 0) is 16.1 Å². The summed E-state index contributed by atoms with van der Waals surface area (Å²) in [7, 11) is 0. The number of halogens is 1. The quantitative estimate of drug-likeness (QED) is 0.832. The molecule has 1 heterocycles. The zero-order chi connectivity index (χ0) is 16.8. The molecule has 0 radical (unpaired) electrons. The minimum Gasteiger partial charge on any atom is -0.467 e. The molecule has 5 nitrogen and oxygen atoms in total. The summed E-state index contributed by atoms with van der Waals surface area (Å²) < 4.78 is 6.21. The predicted octanol–water partition coefficient (Wildman–Crippen LogP) is 3.73. The van der Waals surface area contributed by atoms with Gasteiger partial charge in [-0.25, -0.2) is 0 Å². The lowest BCUT2D eigenvalue weighted by molar-refractivity contribution is -0.130. The van der Waals surface area contributed by atoms with Crippen molar-refractivity contribution in [1.29, 1.82) is 0 Å². The van der Waals surface area contributed by atoms with Gasteiger partial charge >= 0.3 is 0 Å². The molecule has 6 heteroatoms. The van der Waals surface area contributed by atoms with Gasteiger partial charge in [-0.3, -0.25) is 9.59 Å². The standard InChI is InChI=1S/C17H19BrN2O3/c1-12-10-14(18)5-6-16(12)19-17(22)7-8-20(13(2)21)11-15-4-3-9-23-15/h3-6,9-10H,7-8,11H2,1-2H3,(H,19,22). The van der Waals surface area contributed by atoms with Crippen LogP contribution in [0.5, 0.6) is 0 Å². The second-order valence-corrected chi connectivity index (χ2v) is 6.19. The van der Waals surface area contributed by atoms with Crippen LogP contribution in [-0.4, -0.2) is 23.3 Å². The molecular weight excluding hydrogens is 360 g/mol. The Balaban J connectivity index is 1.89. The van der Waals surface area contributed by atoms with E-state index in [2.05, 4.69) is 21.2 Å². The van der Waals surface area contributed by atoms with Crippen molar-refractivity contribution in [1.82, 2.24) is 4.90 Å². The van der Waals surface area contributed by atoms with Crippen molar-refractivity contribution in [2.45, 2.75) is 26.8 Å². The molecule has 0 saturated carbocycles. The Hall–Kier alpha value is -2.08. The Morgan fingerprint density at radius 2 is 2.09 bits per heavy atom. The topological polar surface area (TPSA) is 62.6 Å². The van der Waals surface area contributed by atoms with E-state index in [-0.39, 0.29) is 18.2 Å². The summed E-state index contributed by atoms with van der Waals surface area (Å²) in [4.78, 5) is 25.4. The maximum absolute atomic E-state index is 12.1. The molecule has 2 amide bonds. The first-order chi connectivity index (χ1) is 11.0. The average Bonchev–Trinajstić information content (AvgIpc) is 2.99. The van der Waals surface area contributed by atoms with Gasteiger partial charge in [0.1, 0.15) is 5.76 Å². The number of hydrogen-bond acceptors (Lipinski definition) is 3.